The number of aliphatic carboxylic acids is 1. The summed E-state index contributed by atoms with van der Waals surface area (Å²) < 4.78 is 5.67. The van der Waals surface area contributed by atoms with Gasteiger partial charge >= 0.3 is 5.97 Å². The summed E-state index contributed by atoms with van der Waals surface area (Å²) in [6.45, 7) is 5.92. The first kappa shape index (κ1) is 21.9. The van der Waals surface area contributed by atoms with Crippen LogP contribution in [0.2, 0.25) is 0 Å². The van der Waals surface area contributed by atoms with Gasteiger partial charge in [0.25, 0.3) is 0 Å². The Hall–Kier alpha value is -2.75. The van der Waals surface area contributed by atoms with Gasteiger partial charge in [0.15, 0.2) is 4.34 Å². The third-order valence-corrected chi connectivity index (χ3v) is 6.44. The van der Waals surface area contributed by atoms with E-state index in [1.165, 1.54) is 28.7 Å². The molecule has 0 unspecified atom stereocenters. The number of carbonyl (C=O) groups is 1. The van der Waals surface area contributed by atoms with Crippen molar-refractivity contribution < 1.29 is 14.6 Å². The molecule has 0 saturated heterocycles. The second kappa shape index (κ2) is 9.84. The Labute approximate surface area is 185 Å². The molecule has 3 rings (SSSR count). The SMILES string of the molecule is Cc1ccc(C#Cc2ccc(OCCc3csc(SC(C)(C)C(=O)O)n3)cc2)cc1. The first-order chi connectivity index (χ1) is 14.3. The summed E-state index contributed by atoms with van der Waals surface area (Å²) in [5.74, 6) is 6.26. The number of rotatable bonds is 7. The fourth-order valence-electron chi connectivity index (χ4n) is 2.40. The number of ether oxygens (including phenoxy) is 1. The van der Waals surface area contributed by atoms with E-state index in [0.29, 0.717) is 13.0 Å². The van der Waals surface area contributed by atoms with Crippen LogP contribution < -0.4 is 4.74 Å². The van der Waals surface area contributed by atoms with E-state index in [-0.39, 0.29) is 0 Å². The van der Waals surface area contributed by atoms with E-state index in [9.17, 15) is 9.90 Å². The first-order valence-electron chi connectivity index (χ1n) is 9.50. The molecule has 4 nitrogen and oxygen atoms in total. The zero-order valence-corrected chi connectivity index (χ0v) is 18.8. The number of thiazole rings is 1. The Bertz CT molecular complexity index is 1060. The summed E-state index contributed by atoms with van der Waals surface area (Å²) in [4.78, 5) is 15.7. The standard InChI is InChI=1S/C24H23NO3S2/c1-17-4-6-18(7-5-17)8-9-19-10-12-21(13-11-19)28-15-14-20-16-29-23(25-20)30-24(2,3)22(26)27/h4-7,10-13,16H,14-15H2,1-3H3,(H,26,27). The summed E-state index contributed by atoms with van der Waals surface area (Å²) in [5, 5.41) is 11.2. The van der Waals surface area contributed by atoms with Gasteiger partial charge < -0.3 is 9.84 Å². The minimum Gasteiger partial charge on any atom is -0.493 e. The Morgan fingerprint density at radius 2 is 1.70 bits per heavy atom. The molecule has 0 saturated carbocycles. The summed E-state index contributed by atoms with van der Waals surface area (Å²) in [7, 11) is 0. The number of aryl methyl sites for hydroxylation is 1. The zero-order chi connectivity index (χ0) is 21.6. The van der Waals surface area contributed by atoms with Gasteiger partial charge in [0, 0.05) is 22.9 Å². The van der Waals surface area contributed by atoms with Crippen LogP contribution in [0.5, 0.6) is 5.75 Å². The molecule has 154 valence electrons. The van der Waals surface area contributed by atoms with Gasteiger partial charge in [-0.15, -0.1) is 11.3 Å². The summed E-state index contributed by atoms with van der Waals surface area (Å²) in [6, 6.07) is 15.9. The number of benzene rings is 2. The lowest BCUT2D eigenvalue weighted by Crippen LogP contribution is -2.26. The lowest BCUT2D eigenvalue weighted by molar-refractivity contribution is -0.138. The first-order valence-corrected chi connectivity index (χ1v) is 11.2. The average Bonchev–Trinajstić information content (AvgIpc) is 3.15. The van der Waals surface area contributed by atoms with Crippen LogP contribution in [0.1, 0.15) is 36.2 Å². The number of carboxylic acids is 1. The zero-order valence-electron chi connectivity index (χ0n) is 17.1. The molecule has 0 aliphatic carbocycles. The molecular weight excluding hydrogens is 414 g/mol. The van der Waals surface area contributed by atoms with E-state index < -0.39 is 10.7 Å². The predicted octanol–water partition coefficient (Wildman–Crippen LogP) is 5.43. The van der Waals surface area contributed by atoms with Crippen LogP contribution in [0.15, 0.2) is 58.3 Å². The largest absolute Gasteiger partial charge is 0.493 e. The van der Waals surface area contributed by atoms with Crippen molar-refractivity contribution >= 4 is 29.1 Å². The van der Waals surface area contributed by atoms with Gasteiger partial charge in [-0.05, 0) is 57.2 Å². The number of hydrogen-bond donors (Lipinski definition) is 1. The van der Waals surface area contributed by atoms with Gasteiger partial charge in [0.05, 0.1) is 12.3 Å². The van der Waals surface area contributed by atoms with E-state index in [1.54, 1.807) is 13.8 Å². The molecule has 30 heavy (non-hydrogen) atoms. The lowest BCUT2D eigenvalue weighted by Gasteiger charge is -2.15. The molecule has 0 aliphatic rings. The Morgan fingerprint density at radius 1 is 1.10 bits per heavy atom. The summed E-state index contributed by atoms with van der Waals surface area (Å²) >= 11 is 2.73. The van der Waals surface area contributed by atoms with Gasteiger partial charge in [-0.2, -0.15) is 0 Å². The predicted molar refractivity (Wildman–Crippen MR) is 122 cm³/mol. The smallest absolute Gasteiger partial charge is 0.319 e. The van der Waals surface area contributed by atoms with Crippen LogP contribution in [0.3, 0.4) is 0 Å². The van der Waals surface area contributed by atoms with Crippen LogP contribution in [0, 0.1) is 18.8 Å². The second-order valence-corrected chi connectivity index (χ2v) is 9.99. The van der Waals surface area contributed by atoms with Crippen molar-refractivity contribution in [3.8, 4) is 17.6 Å². The van der Waals surface area contributed by atoms with E-state index in [4.69, 9.17) is 4.74 Å². The van der Waals surface area contributed by atoms with Crippen molar-refractivity contribution in [2.24, 2.45) is 0 Å². The van der Waals surface area contributed by atoms with Crippen molar-refractivity contribution in [3.63, 3.8) is 0 Å². The number of thioether (sulfide) groups is 1. The molecule has 0 fully saturated rings. The third kappa shape index (κ3) is 6.38. The quantitative estimate of drug-likeness (QED) is 0.395. The highest BCUT2D eigenvalue weighted by Gasteiger charge is 2.29. The normalized spacial score (nSPS) is 10.9. The maximum Gasteiger partial charge on any atom is 0.319 e. The topological polar surface area (TPSA) is 59.4 Å². The van der Waals surface area contributed by atoms with Crippen LogP contribution in [-0.4, -0.2) is 27.4 Å². The highest BCUT2D eigenvalue weighted by Crippen LogP contribution is 2.34. The second-order valence-electron chi connectivity index (χ2n) is 7.26. The maximum absolute atomic E-state index is 11.2. The summed E-state index contributed by atoms with van der Waals surface area (Å²) in [6.07, 6.45) is 0.666. The minimum absolute atomic E-state index is 0.505. The van der Waals surface area contributed by atoms with Crippen LogP contribution in [-0.2, 0) is 11.2 Å². The van der Waals surface area contributed by atoms with Gasteiger partial charge in [0.1, 0.15) is 10.5 Å². The van der Waals surface area contributed by atoms with E-state index in [0.717, 1.165) is 26.9 Å². The molecule has 0 spiro atoms. The molecule has 0 bridgehead atoms. The number of aromatic nitrogens is 1. The van der Waals surface area contributed by atoms with E-state index in [1.807, 2.05) is 41.8 Å². The molecule has 0 atom stereocenters. The molecule has 2 aromatic carbocycles. The molecule has 3 aromatic rings. The maximum atomic E-state index is 11.2. The van der Waals surface area contributed by atoms with Gasteiger partial charge in [0.2, 0.25) is 0 Å². The van der Waals surface area contributed by atoms with Gasteiger partial charge in [-0.25, -0.2) is 4.98 Å². The molecule has 1 N–H and O–H groups in total. The van der Waals surface area contributed by atoms with Crippen LogP contribution in [0.4, 0.5) is 0 Å². The van der Waals surface area contributed by atoms with Gasteiger partial charge in [-0.3, -0.25) is 4.79 Å². The Kier molecular flexibility index (Phi) is 7.20. The molecule has 6 heteroatoms. The van der Waals surface area contributed by atoms with Crippen molar-refractivity contribution in [3.05, 3.63) is 76.3 Å². The number of hydrogen-bond acceptors (Lipinski definition) is 5. The number of nitrogens with zero attached hydrogens (tertiary/aromatic N) is 1. The third-order valence-electron chi connectivity index (χ3n) is 4.27. The van der Waals surface area contributed by atoms with Crippen molar-refractivity contribution in [2.75, 3.05) is 6.61 Å². The van der Waals surface area contributed by atoms with E-state index in [2.05, 4.69) is 35.9 Å². The van der Waals surface area contributed by atoms with Crippen molar-refractivity contribution in [2.45, 2.75) is 36.3 Å². The molecule has 0 radical (unpaired) electrons. The molecule has 0 amide bonds. The number of carboxylic acid groups (broad SMARTS) is 1. The fourth-order valence-corrected chi connectivity index (χ4v) is 4.63. The van der Waals surface area contributed by atoms with E-state index >= 15 is 0 Å². The fraction of sp³-hybridized carbons (Fsp3) is 0.250. The lowest BCUT2D eigenvalue weighted by atomic mass is 10.1. The highest BCUT2D eigenvalue weighted by molar-refractivity contribution is 8.02. The molecule has 0 aliphatic heterocycles. The Morgan fingerprint density at radius 3 is 2.30 bits per heavy atom. The van der Waals surface area contributed by atoms with Crippen LogP contribution >= 0.6 is 23.1 Å². The molecule has 1 aromatic heterocycles. The highest BCUT2D eigenvalue weighted by atomic mass is 32.2. The van der Waals surface area contributed by atoms with Crippen molar-refractivity contribution in [1.29, 1.82) is 0 Å². The Balaban J connectivity index is 1.49. The van der Waals surface area contributed by atoms with Crippen LogP contribution in [0.25, 0.3) is 0 Å². The summed E-state index contributed by atoms with van der Waals surface area (Å²) in [5.41, 5.74) is 4.06. The monoisotopic (exact) mass is 437 g/mol. The minimum atomic E-state index is -0.893. The average molecular weight is 438 g/mol. The van der Waals surface area contributed by atoms with Gasteiger partial charge in [-0.1, -0.05) is 41.3 Å². The molecule has 1 heterocycles. The molecular formula is C24H23NO3S2. The van der Waals surface area contributed by atoms with Crippen molar-refractivity contribution in [1.82, 2.24) is 4.98 Å².